The maximum atomic E-state index is 9.03. The lowest BCUT2D eigenvalue weighted by molar-refractivity contribution is 0.177. The molecule has 0 spiro atoms. The van der Waals surface area contributed by atoms with Crippen LogP contribution in [0.25, 0.3) is 0 Å². The van der Waals surface area contributed by atoms with Crippen molar-refractivity contribution in [3.05, 3.63) is 0 Å². The molecule has 12 heavy (non-hydrogen) atoms. The molecular weight excluding hydrogens is 150 g/mol. The number of aliphatic hydroxyl groups excluding tert-OH is 1. The third kappa shape index (κ3) is 2.76. The van der Waals surface area contributed by atoms with Gasteiger partial charge in [0, 0.05) is 6.61 Å². The molecule has 1 aliphatic rings. The fraction of sp³-hybridized carbons (Fsp3) is 1.00. The summed E-state index contributed by atoms with van der Waals surface area (Å²) in [4.78, 5) is 2.39. The second-order valence-electron chi connectivity index (χ2n) is 4.15. The predicted molar refractivity (Wildman–Crippen MR) is 51.1 cm³/mol. The first-order valence-electron chi connectivity index (χ1n) is 5.03. The van der Waals surface area contributed by atoms with Crippen LogP contribution in [0.2, 0.25) is 0 Å². The molecule has 1 N–H and O–H groups in total. The molecule has 0 aromatic carbocycles. The Kier molecular flexibility index (Phi) is 4.02. The average Bonchev–Trinajstić information content (AvgIpc) is 2.29. The minimum Gasteiger partial charge on any atom is -0.396 e. The van der Waals surface area contributed by atoms with E-state index >= 15 is 0 Å². The van der Waals surface area contributed by atoms with Crippen LogP contribution in [0.1, 0.15) is 26.2 Å². The van der Waals surface area contributed by atoms with Gasteiger partial charge in [-0.15, -0.1) is 0 Å². The van der Waals surface area contributed by atoms with Crippen molar-refractivity contribution >= 4 is 0 Å². The second kappa shape index (κ2) is 4.83. The number of hydrogen-bond donors (Lipinski definition) is 1. The summed E-state index contributed by atoms with van der Waals surface area (Å²) >= 11 is 0. The molecule has 1 aliphatic heterocycles. The number of nitrogens with zero attached hydrogens (tertiary/aromatic N) is 1. The zero-order chi connectivity index (χ0) is 8.97. The van der Waals surface area contributed by atoms with Gasteiger partial charge in [-0.2, -0.15) is 0 Å². The average molecular weight is 171 g/mol. The normalized spacial score (nSPS) is 29.8. The molecule has 0 aromatic heterocycles. The van der Waals surface area contributed by atoms with Crippen LogP contribution >= 0.6 is 0 Å². The molecule has 0 radical (unpaired) electrons. The van der Waals surface area contributed by atoms with Crippen molar-refractivity contribution in [2.24, 2.45) is 11.8 Å². The van der Waals surface area contributed by atoms with Crippen molar-refractivity contribution < 1.29 is 5.11 Å². The molecule has 1 heterocycles. The van der Waals surface area contributed by atoms with Crippen molar-refractivity contribution in [1.82, 2.24) is 4.90 Å². The van der Waals surface area contributed by atoms with E-state index in [0.717, 1.165) is 5.92 Å². The first kappa shape index (κ1) is 10.0. The van der Waals surface area contributed by atoms with E-state index < -0.39 is 0 Å². The Morgan fingerprint density at radius 3 is 2.83 bits per heavy atom. The topological polar surface area (TPSA) is 23.5 Å². The van der Waals surface area contributed by atoms with E-state index in [4.69, 9.17) is 5.11 Å². The highest BCUT2D eigenvalue weighted by Gasteiger charge is 2.19. The lowest BCUT2D eigenvalue weighted by atomic mass is 9.88. The van der Waals surface area contributed by atoms with Gasteiger partial charge in [-0.25, -0.2) is 0 Å². The molecule has 72 valence electrons. The Bertz CT molecular complexity index is 127. The Morgan fingerprint density at radius 2 is 2.17 bits per heavy atom. The summed E-state index contributed by atoms with van der Waals surface area (Å²) in [5.41, 5.74) is 0. The smallest absolute Gasteiger partial charge is 0.0459 e. The lowest BCUT2D eigenvalue weighted by Gasteiger charge is -2.20. The van der Waals surface area contributed by atoms with Crippen LogP contribution in [0.15, 0.2) is 0 Å². The Hall–Kier alpha value is -0.0800. The van der Waals surface area contributed by atoms with Gasteiger partial charge in [0.05, 0.1) is 0 Å². The maximum Gasteiger partial charge on any atom is 0.0459 e. The molecule has 2 unspecified atom stereocenters. The molecule has 2 heteroatoms. The summed E-state index contributed by atoms with van der Waals surface area (Å²) in [7, 11) is 2.19. The summed E-state index contributed by atoms with van der Waals surface area (Å²) in [6.07, 6.45) is 3.86. The standard InChI is InChI=1S/C10H21NO/c1-9(8-12)10-4-3-6-11(2)7-5-10/h9-10,12H,3-8H2,1-2H3. The SMILES string of the molecule is CC(CO)C1CCCN(C)CC1. The molecule has 1 saturated heterocycles. The molecular formula is C10H21NO. The van der Waals surface area contributed by atoms with Crippen molar-refractivity contribution in [3.8, 4) is 0 Å². The molecule has 0 amide bonds. The van der Waals surface area contributed by atoms with Crippen LogP contribution < -0.4 is 0 Å². The van der Waals surface area contributed by atoms with Gasteiger partial charge in [-0.1, -0.05) is 6.92 Å². The van der Waals surface area contributed by atoms with Gasteiger partial charge >= 0.3 is 0 Å². The number of rotatable bonds is 2. The van der Waals surface area contributed by atoms with Gasteiger partial charge in [-0.05, 0) is 51.2 Å². The minimum atomic E-state index is 0.356. The van der Waals surface area contributed by atoms with Gasteiger partial charge in [0.15, 0.2) is 0 Å². The molecule has 0 aromatic rings. The first-order chi connectivity index (χ1) is 5.74. The van der Waals surface area contributed by atoms with Crippen LogP contribution in [-0.4, -0.2) is 36.8 Å². The van der Waals surface area contributed by atoms with Crippen molar-refractivity contribution in [2.75, 3.05) is 26.7 Å². The van der Waals surface area contributed by atoms with Crippen molar-refractivity contribution in [3.63, 3.8) is 0 Å². The molecule has 2 nitrogen and oxygen atoms in total. The molecule has 2 atom stereocenters. The fourth-order valence-electron chi connectivity index (χ4n) is 1.98. The highest BCUT2D eigenvalue weighted by Crippen LogP contribution is 2.23. The second-order valence-corrected chi connectivity index (χ2v) is 4.15. The Labute approximate surface area is 75.6 Å². The monoisotopic (exact) mass is 171 g/mol. The van der Waals surface area contributed by atoms with Crippen LogP contribution in [0.4, 0.5) is 0 Å². The highest BCUT2D eigenvalue weighted by molar-refractivity contribution is 4.71. The van der Waals surface area contributed by atoms with Crippen LogP contribution in [0.3, 0.4) is 0 Å². The molecule has 0 aliphatic carbocycles. The Balaban J connectivity index is 2.35. The van der Waals surface area contributed by atoms with E-state index in [2.05, 4.69) is 18.9 Å². The number of hydrogen-bond acceptors (Lipinski definition) is 2. The summed E-state index contributed by atoms with van der Waals surface area (Å²) in [6, 6.07) is 0. The zero-order valence-electron chi connectivity index (χ0n) is 8.29. The number of aliphatic hydroxyl groups is 1. The van der Waals surface area contributed by atoms with Gasteiger partial charge in [0.1, 0.15) is 0 Å². The maximum absolute atomic E-state index is 9.03. The van der Waals surface area contributed by atoms with Gasteiger partial charge in [0.25, 0.3) is 0 Å². The third-order valence-electron chi connectivity index (χ3n) is 3.09. The Morgan fingerprint density at radius 1 is 1.42 bits per heavy atom. The van der Waals surface area contributed by atoms with Gasteiger partial charge in [0.2, 0.25) is 0 Å². The summed E-state index contributed by atoms with van der Waals surface area (Å²) in [5.74, 6) is 1.25. The zero-order valence-corrected chi connectivity index (χ0v) is 8.29. The summed E-state index contributed by atoms with van der Waals surface area (Å²) < 4.78 is 0. The lowest BCUT2D eigenvalue weighted by Crippen LogP contribution is -2.20. The fourth-order valence-corrected chi connectivity index (χ4v) is 1.98. The van der Waals surface area contributed by atoms with Crippen molar-refractivity contribution in [1.29, 1.82) is 0 Å². The van der Waals surface area contributed by atoms with E-state index in [1.54, 1.807) is 0 Å². The van der Waals surface area contributed by atoms with E-state index in [9.17, 15) is 0 Å². The summed E-state index contributed by atoms with van der Waals surface area (Å²) in [6.45, 7) is 4.95. The predicted octanol–water partition coefficient (Wildman–Crippen LogP) is 1.35. The first-order valence-corrected chi connectivity index (χ1v) is 5.03. The van der Waals surface area contributed by atoms with Crippen LogP contribution in [-0.2, 0) is 0 Å². The van der Waals surface area contributed by atoms with E-state index in [-0.39, 0.29) is 0 Å². The van der Waals surface area contributed by atoms with Gasteiger partial charge < -0.3 is 10.0 Å². The molecule has 1 rings (SSSR count). The number of likely N-dealkylation sites (tertiary alicyclic amines) is 1. The highest BCUT2D eigenvalue weighted by atomic mass is 16.3. The largest absolute Gasteiger partial charge is 0.396 e. The molecule has 0 saturated carbocycles. The van der Waals surface area contributed by atoms with E-state index in [1.165, 1.54) is 32.4 Å². The molecule has 0 bridgehead atoms. The quantitative estimate of drug-likeness (QED) is 0.678. The van der Waals surface area contributed by atoms with Crippen LogP contribution in [0, 0.1) is 11.8 Å². The van der Waals surface area contributed by atoms with E-state index in [1.807, 2.05) is 0 Å². The van der Waals surface area contributed by atoms with E-state index in [0.29, 0.717) is 12.5 Å². The van der Waals surface area contributed by atoms with Gasteiger partial charge in [-0.3, -0.25) is 0 Å². The van der Waals surface area contributed by atoms with Crippen molar-refractivity contribution in [2.45, 2.75) is 26.2 Å². The minimum absolute atomic E-state index is 0.356. The molecule has 1 fully saturated rings. The van der Waals surface area contributed by atoms with Crippen LogP contribution in [0.5, 0.6) is 0 Å². The third-order valence-corrected chi connectivity index (χ3v) is 3.09. The summed E-state index contributed by atoms with van der Waals surface area (Å²) in [5, 5.41) is 9.03.